The van der Waals surface area contributed by atoms with Crippen molar-refractivity contribution in [3.05, 3.63) is 82.0 Å². The molecule has 8 nitrogen and oxygen atoms in total. The number of aromatic nitrogens is 1. The number of hydrogen-bond donors (Lipinski definition) is 1. The highest BCUT2D eigenvalue weighted by atomic mass is 32.2. The maximum absolute atomic E-state index is 13.1. The second kappa shape index (κ2) is 6.70. The number of aryl methyl sites for hydroxylation is 1. The van der Waals surface area contributed by atoms with E-state index in [0.29, 0.717) is 11.3 Å². The summed E-state index contributed by atoms with van der Waals surface area (Å²) in [5.41, 5.74) is 5.38. The monoisotopic (exact) mass is 396 g/mol. The first-order valence-corrected chi connectivity index (χ1v) is 9.90. The van der Waals surface area contributed by atoms with Crippen molar-refractivity contribution in [2.24, 2.45) is 0 Å². The number of hydrazine groups is 1. The number of nitro benzene ring substituents is 1. The largest absolute Gasteiger partial charge is 0.305 e. The first-order chi connectivity index (χ1) is 13.4. The van der Waals surface area contributed by atoms with E-state index in [2.05, 4.69) is 10.4 Å². The molecule has 0 radical (unpaired) electrons. The lowest BCUT2D eigenvalue weighted by atomic mass is 10.1. The van der Waals surface area contributed by atoms with E-state index in [1.54, 1.807) is 19.2 Å². The molecule has 1 N–H and O–H groups in total. The summed E-state index contributed by atoms with van der Waals surface area (Å²) in [5.74, 6) is 0. The zero-order chi connectivity index (χ0) is 19.9. The lowest BCUT2D eigenvalue weighted by Crippen LogP contribution is -2.38. The van der Waals surface area contributed by atoms with Crippen LogP contribution in [0.5, 0.6) is 0 Å². The van der Waals surface area contributed by atoms with Crippen LogP contribution < -0.4 is 5.43 Å². The van der Waals surface area contributed by atoms with Gasteiger partial charge in [0.05, 0.1) is 27.6 Å². The molecule has 3 aromatic rings. The molecule has 1 aliphatic rings. The Morgan fingerprint density at radius 1 is 1.18 bits per heavy atom. The zero-order valence-electron chi connectivity index (χ0n) is 14.9. The molecule has 28 heavy (non-hydrogen) atoms. The molecule has 2 aromatic carbocycles. The fraction of sp³-hybridized carbons (Fsp3) is 0.105. The fourth-order valence-corrected chi connectivity index (χ4v) is 4.63. The third-order valence-corrected chi connectivity index (χ3v) is 6.41. The summed E-state index contributed by atoms with van der Waals surface area (Å²) in [7, 11) is -3.97. The van der Waals surface area contributed by atoms with E-state index in [4.69, 9.17) is 0 Å². The van der Waals surface area contributed by atoms with Gasteiger partial charge in [0.2, 0.25) is 0 Å². The van der Waals surface area contributed by atoms with Crippen LogP contribution in [-0.2, 0) is 10.0 Å². The Labute approximate surface area is 161 Å². The number of pyridine rings is 1. The molecule has 1 aromatic heterocycles. The van der Waals surface area contributed by atoms with Crippen LogP contribution >= 0.6 is 0 Å². The van der Waals surface area contributed by atoms with E-state index in [0.717, 1.165) is 26.9 Å². The third kappa shape index (κ3) is 3.00. The van der Waals surface area contributed by atoms with Crippen molar-refractivity contribution in [2.45, 2.75) is 11.8 Å². The van der Waals surface area contributed by atoms with Crippen LogP contribution in [0, 0.1) is 17.0 Å². The molecule has 9 heteroatoms. The second-order valence-electron chi connectivity index (χ2n) is 6.35. The predicted molar refractivity (Wildman–Crippen MR) is 105 cm³/mol. The van der Waals surface area contributed by atoms with Gasteiger partial charge < -0.3 is 5.43 Å². The Morgan fingerprint density at radius 3 is 2.75 bits per heavy atom. The minimum absolute atomic E-state index is 0.0940. The summed E-state index contributed by atoms with van der Waals surface area (Å²) in [6, 6.07) is 13.2. The molecule has 0 amide bonds. The van der Waals surface area contributed by atoms with E-state index in [-0.39, 0.29) is 17.1 Å². The Kier molecular flexibility index (Phi) is 4.33. The lowest BCUT2D eigenvalue weighted by molar-refractivity contribution is -0.385. The van der Waals surface area contributed by atoms with Gasteiger partial charge in [-0.05, 0) is 30.7 Å². The maximum Gasteiger partial charge on any atom is 0.270 e. The van der Waals surface area contributed by atoms with Crippen LogP contribution in [0.1, 0.15) is 11.1 Å². The van der Waals surface area contributed by atoms with E-state index in [1.165, 1.54) is 12.1 Å². The summed E-state index contributed by atoms with van der Waals surface area (Å²) in [4.78, 5) is 14.7. The summed E-state index contributed by atoms with van der Waals surface area (Å²) in [6.45, 7) is 1.72. The van der Waals surface area contributed by atoms with Crippen molar-refractivity contribution < 1.29 is 13.3 Å². The summed E-state index contributed by atoms with van der Waals surface area (Å²) in [5, 5.41) is 11.9. The Bertz CT molecular complexity index is 1230. The molecule has 0 saturated carbocycles. The van der Waals surface area contributed by atoms with Crippen LogP contribution in [0.4, 0.5) is 5.69 Å². The second-order valence-corrected chi connectivity index (χ2v) is 8.18. The van der Waals surface area contributed by atoms with Crippen molar-refractivity contribution >= 4 is 32.3 Å². The number of benzene rings is 2. The normalized spacial score (nSPS) is 14.7. The third-order valence-electron chi connectivity index (χ3n) is 4.60. The predicted octanol–water partition coefficient (Wildman–Crippen LogP) is 3.00. The molecule has 0 spiro atoms. The van der Waals surface area contributed by atoms with Gasteiger partial charge in [-0.3, -0.25) is 15.1 Å². The molecular weight excluding hydrogens is 380 g/mol. The molecule has 0 fully saturated rings. The molecule has 0 saturated heterocycles. The molecule has 0 atom stereocenters. The highest BCUT2D eigenvalue weighted by Gasteiger charge is 2.31. The number of sulfonamides is 1. The van der Waals surface area contributed by atoms with Gasteiger partial charge in [0.1, 0.15) is 0 Å². The fourth-order valence-electron chi connectivity index (χ4n) is 3.16. The van der Waals surface area contributed by atoms with Crippen molar-refractivity contribution in [2.75, 3.05) is 6.54 Å². The Balaban J connectivity index is 1.68. The van der Waals surface area contributed by atoms with Crippen LogP contribution in [0.2, 0.25) is 0 Å². The van der Waals surface area contributed by atoms with Crippen LogP contribution in [-0.4, -0.2) is 29.3 Å². The average molecular weight is 396 g/mol. The standard InChI is InChI=1S/C19H16N4O4S/c1-13-6-7-14(23(24)25)12-19(13)28(26,27)22-11-9-18(21-22)16-8-10-20-17-5-3-2-4-15(16)17/h2-10,12,21H,11H2,1H3. The minimum Gasteiger partial charge on any atom is -0.305 e. The highest BCUT2D eigenvalue weighted by molar-refractivity contribution is 7.89. The zero-order valence-corrected chi connectivity index (χ0v) is 15.7. The molecule has 0 aliphatic carbocycles. The number of para-hydroxylation sites is 1. The number of nitro groups is 1. The topological polar surface area (TPSA) is 105 Å². The van der Waals surface area contributed by atoms with Gasteiger partial charge in [0.25, 0.3) is 15.7 Å². The smallest absolute Gasteiger partial charge is 0.270 e. The maximum atomic E-state index is 13.1. The van der Waals surface area contributed by atoms with E-state index in [1.807, 2.05) is 30.3 Å². The van der Waals surface area contributed by atoms with Crippen molar-refractivity contribution in [3.63, 3.8) is 0 Å². The van der Waals surface area contributed by atoms with Crippen LogP contribution in [0.3, 0.4) is 0 Å². The van der Waals surface area contributed by atoms with Gasteiger partial charge >= 0.3 is 0 Å². The first kappa shape index (κ1) is 18.1. The lowest BCUT2D eigenvalue weighted by Gasteiger charge is -2.19. The Morgan fingerprint density at radius 2 is 1.96 bits per heavy atom. The highest BCUT2D eigenvalue weighted by Crippen LogP contribution is 2.29. The number of nitrogens with one attached hydrogen (secondary N) is 1. The van der Waals surface area contributed by atoms with E-state index in [9.17, 15) is 18.5 Å². The summed E-state index contributed by atoms with van der Waals surface area (Å²) < 4.78 is 27.2. The summed E-state index contributed by atoms with van der Waals surface area (Å²) in [6.07, 6.45) is 3.44. The average Bonchev–Trinajstić information content (AvgIpc) is 3.18. The first-order valence-electron chi connectivity index (χ1n) is 8.46. The SMILES string of the molecule is Cc1ccc([N+](=O)[O-])cc1S(=O)(=O)N1CC=C(c2ccnc3ccccc23)N1. The van der Waals surface area contributed by atoms with Gasteiger partial charge in [-0.15, -0.1) is 4.41 Å². The molecule has 4 rings (SSSR count). The van der Waals surface area contributed by atoms with Crippen molar-refractivity contribution in [1.82, 2.24) is 14.8 Å². The molecule has 142 valence electrons. The quantitative estimate of drug-likeness (QED) is 0.537. The molecule has 1 aliphatic heterocycles. The van der Waals surface area contributed by atoms with Gasteiger partial charge in [-0.2, -0.15) is 0 Å². The molecule has 0 bridgehead atoms. The number of rotatable bonds is 4. The van der Waals surface area contributed by atoms with Gasteiger partial charge in [0.15, 0.2) is 0 Å². The molecule has 2 heterocycles. The number of fused-ring (bicyclic) bond motifs is 1. The van der Waals surface area contributed by atoms with Crippen molar-refractivity contribution in [3.8, 4) is 0 Å². The minimum atomic E-state index is -3.97. The number of nitrogens with zero attached hydrogens (tertiary/aromatic N) is 3. The summed E-state index contributed by atoms with van der Waals surface area (Å²) >= 11 is 0. The van der Waals surface area contributed by atoms with Gasteiger partial charge in [-0.25, -0.2) is 8.42 Å². The van der Waals surface area contributed by atoms with Gasteiger partial charge in [-0.1, -0.05) is 24.3 Å². The number of hydrogen-bond acceptors (Lipinski definition) is 6. The van der Waals surface area contributed by atoms with E-state index < -0.39 is 14.9 Å². The Hall–Kier alpha value is -3.30. The molecular formula is C19H16N4O4S. The van der Waals surface area contributed by atoms with Crippen molar-refractivity contribution in [1.29, 1.82) is 0 Å². The van der Waals surface area contributed by atoms with E-state index >= 15 is 0 Å². The van der Waals surface area contributed by atoms with Gasteiger partial charge in [0, 0.05) is 29.3 Å². The van der Waals surface area contributed by atoms with Crippen LogP contribution in [0.25, 0.3) is 16.6 Å². The number of non-ortho nitro benzene ring substituents is 1. The van der Waals surface area contributed by atoms with Crippen LogP contribution in [0.15, 0.2) is 65.7 Å². The molecule has 0 unspecified atom stereocenters.